The molecule has 0 bridgehead atoms. The van der Waals surface area contributed by atoms with E-state index in [0.29, 0.717) is 18.7 Å². The van der Waals surface area contributed by atoms with Crippen molar-refractivity contribution >= 4 is 17.6 Å². The number of nitrogens with two attached hydrogens (primary N) is 1. The molecule has 2 rings (SSSR count). The van der Waals surface area contributed by atoms with Crippen LogP contribution in [0.1, 0.15) is 33.3 Å². The second-order valence-corrected chi connectivity index (χ2v) is 9.07. The zero-order chi connectivity index (χ0) is 26.3. The number of ketones is 1. The number of carbonyl (C=O) groups excluding carboxylic acids is 2. The summed E-state index contributed by atoms with van der Waals surface area (Å²) >= 11 is 0. The Morgan fingerprint density at radius 3 is 2.50 bits per heavy atom. The lowest BCUT2D eigenvalue weighted by atomic mass is 9.78. The highest BCUT2D eigenvalue weighted by atomic mass is 16.7. The average molecular weight is 482 g/mol. The van der Waals surface area contributed by atoms with Crippen LogP contribution in [0, 0.1) is 27.9 Å². The fraction of sp³-hybridized carbons (Fsp3) is 0.652. The lowest BCUT2D eigenvalue weighted by molar-refractivity contribution is -0.386. The highest BCUT2D eigenvalue weighted by Gasteiger charge is 2.42. The number of hydrogen-bond donors (Lipinski definition) is 1. The van der Waals surface area contributed by atoms with Crippen LogP contribution in [-0.2, 0) is 20.9 Å². The molecule has 11 heteroatoms. The third-order valence-corrected chi connectivity index (χ3v) is 6.34. The van der Waals surface area contributed by atoms with Crippen LogP contribution >= 0.6 is 0 Å². The molecule has 0 aromatic heterocycles. The molecule has 1 saturated heterocycles. The third-order valence-electron chi connectivity index (χ3n) is 6.34. The Balaban J connectivity index is 2.13. The molecule has 1 aromatic rings. The van der Waals surface area contributed by atoms with E-state index >= 15 is 0 Å². The summed E-state index contributed by atoms with van der Waals surface area (Å²) in [7, 11) is 3.72. The molecule has 11 nitrogen and oxygen atoms in total. The number of carbonyl (C=O) groups is 2. The Labute approximate surface area is 201 Å². The van der Waals surface area contributed by atoms with Gasteiger partial charge in [0.15, 0.2) is 11.5 Å². The molecule has 1 fully saturated rings. The van der Waals surface area contributed by atoms with E-state index in [4.69, 9.17) is 15.6 Å². The molecule has 0 radical (unpaired) electrons. The Kier molecular flexibility index (Phi) is 9.20. The fourth-order valence-electron chi connectivity index (χ4n) is 3.81. The van der Waals surface area contributed by atoms with Crippen molar-refractivity contribution in [1.82, 2.24) is 9.80 Å². The minimum atomic E-state index is -0.819. The Morgan fingerprint density at radius 1 is 1.21 bits per heavy atom. The van der Waals surface area contributed by atoms with E-state index in [1.165, 1.54) is 24.0 Å². The number of nitro benzene ring substituents is 1. The van der Waals surface area contributed by atoms with Gasteiger partial charge in [0.05, 0.1) is 11.6 Å². The number of rotatable bonds is 11. The predicted octanol–water partition coefficient (Wildman–Crippen LogP) is 2.61. The minimum Gasteiger partial charge on any atom is -0.457 e. The van der Waals surface area contributed by atoms with Crippen LogP contribution in [-0.4, -0.2) is 72.8 Å². The first-order valence-electron chi connectivity index (χ1n) is 11.8. The van der Waals surface area contributed by atoms with E-state index in [1.807, 2.05) is 39.8 Å². The molecule has 3 unspecified atom stereocenters. The molecule has 1 heterocycles. The number of nitrogens with zero attached hydrogens (tertiary/aromatic N) is 3. The molecule has 1 amide bonds. The van der Waals surface area contributed by atoms with Gasteiger partial charge in [0.25, 0.3) is 0 Å². The number of ether oxygens (including phenoxy) is 3. The molecular formula is C23H36N4O7. The SMILES string of the molecule is [2H]NCN(CCN(C)C)C(=O)OCc1ccc(OC2OC(C(C)=O)C(C)[C@H](C)[C@@H]2C)c([N+](=O)[O-])c1. The van der Waals surface area contributed by atoms with Gasteiger partial charge in [-0.1, -0.05) is 26.8 Å². The molecule has 1 aromatic carbocycles. The van der Waals surface area contributed by atoms with Gasteiger partial charge in [-0.15, -0.1) is 0 Å². The number of Topliss-reactive ketones (excluding diaryl/α,β-unsaturated/α-hetero) is 1. The van der Waals surface area contributed by atoms with Crippen LogP contribution in [0.25, 0.3) is 0 Å². The average Bonchev–Trinajstić information content (AvgIpc) is 2.80. The van der Waals surface area contributed by atoms with Crippen LogP contribution < -0.4 is 10.5 Å². The second-order valence-electron chi connectivity index (χ2n) is 9.07. The first-order chi connectivity index (χ1) is 16.5. The van der Waals surface area contributed by atoms with Crippen LogP contribution in [0.5, 0.6) is 5.75 Å². The van der Waals surface area contributed by atoms with Gasteiger partial charge in [0.2, 0.25) is 6.29 Å². The van der Waals surface area contributed by atoms with Crippen molar-refractivity contribution in [2.24, 2.45) is 23.5 Å². The second kappa shape index (κ2) is 12.1. The largest absolute Gasteiger partial charge is 0.457 e. The molecule has 0 saturated carbocycles. The first-order valence-corrected chi connectivity index (χ1v) is 11.3. The van der Waals surface area contributed by atoms with Crippen molar-refractivity contribution in [2.45, 2.75) is 46.7 Å². The molecule has 190 valence electrons. The monoisotopic (exact) mass is 481 g/mol. The van der Waals surface area contributed by atoms with Crippen molar-refractivity contribution in [3.8, 4) is 5.75 Å². The summed E-state index contributed by atoms with van der Waals surface area (Å²) < 4.78 is 24.2. The van der Waals surface area contributed by atoms with Crippen LogP contribution in [0.3, 0.4) is 0 Å². The van der Waals surface area contributed by atoms with Crippen LogP contribution in [0.2, 0.25) is 1.41 Å². The molecule has 0 aliphatic carbocycles. The summed E-state index contributed by atoms with van der Waals surface area (Å²) in [4.78, 5) is 38.8. The summed E-state index contributed by atoms with van der Waals surface area (Å²) in [6.07, 6.45) is -2.10. The van der Waals surface area contributed by atoms with Crippen molar-refractivity contribution < 1.29 is 30.1 Å². The van der Waals surface area contributed by atoms with Crippen LogP contribution in [0.4, 0.5) is 10.5 Å². The summed E-state index contributed by atoms with van der Waals surface area (Å²) in [5, 5.41) is 11.7. The van der Waals surface area contributed by atoms with Gasteiger partial charge in [-0.05, 0) is 44.5 Å². The molecule has 0 spiro atoms. The number of hydrogen-bond acceptors (Lipinski definition) is 9. The van der Waals surface area contributed by atoms with Gasteiger partial charge in [-0.25, -0.2) is 4.79 Å². The predicted molar refractivity (Wildman–Crippen MR) is 125 cm³/mol. The quantitative estimate of drug-likeness (QED) is 0.287. The Hall–Kier alpha value is -2.76. The highest BCUT2D eigenvalue weighted by molar-refractivity contribution is 5.80. The maximum absolute atomic E-state index is 12.4. The molecule has 2 N–H and O–H groups in total. The third kappa shape index (κ3) is 6.87. The molecule has 5 atom stereocenters. The van der Waals surface area contributed by atoms with Crippen molar-refractivity contribution in [2.75, 3.05) is 33.9 Å². The Morgan fingerprint density at radius 2 is 1.91 bits per heavy atom. The Bertz CT molecular complexity index is 901. The van der Waals surface area contributed by atoms with Crippen molar-refractivity contribution in [3.05, 3.63) is 33.9 Å². The van der Waals surface area contributed by atoms with Gasteiger partial charge < -0.3 is 24.8 Å². The van der Waals surface area contributed by atoms with E-state index in [2.05, 4.69) is 5.73 Å². The number of nitro groups is 1. The normalized spacial score (nSPS) is 24.9. The number of likely N-dealkylation sites (N-methyl/N-ethyl adjacent to an activating group) is 1. The summed E-state index contributed by atoms with van der Waals surface area (Å²) in [5.41, 5.74) is 2.29. The maximum Gasteiger partial charge on any atom is 0.411 e. The number of benzene rings is 1. The zero-order valence-corrected chi connectivity index (χ0v) is 20.6. The fourth-order valence-corrected chi connectivity index (χ4v) is 3.81. The van der Waals surface area contributed by atoms with Crippen LogP contribution in [0.15, 0.2) is 18.2 Å². The minimum absolute atomic E-state index is 0.00283. The molecule has 1 aliphatic heterocycles. The van der Waals surface area contributed by atoms with E-state index < -0.39 is 23.4 Å². The number of amides is 1. The molecular weight excluding hydrogens is 444 g/mol. The summed E-state index contributed by atoms with van der Waals surface area (Å²) in [6, 6.07) is 4.31. The van der Waals surface area contributed by atoms with Gasteiger partial charge in [0, 0.05) is 25.1 Å². The van der Waals surface area contributed by atoms with Gasteiger partial charge in [-0.2, -0.15) is 0 Å². The highest BCUT2D eigenvalue weighted by Crippen LogP contribution is 2.38. The maximum atomic E-state index is 12.4. The first kappa shape index (κ1) is 25.9. The van der Waals surface area contributed by atoms with Gasteiger partial charge >= 0.3 is 11.8 Å². The topological polar surface area (TPSA) is 137 Å². The standard InChI is InChI=1S/C23H36N4O7/c1-14-15(2)21(17(4)28)34-22(16(14)3)33-20-8-7-18(11-19(20)27(30)31)12-32-23(29)26(13-24)10-9-25(5)6/h7-8,11,14-16,21-22H,9-10,12-13,24H2,1-6H3/t14-,15?,16-,21?,22?/m0/s1/i/hD. The van der Waals surface area contributed by atoms with E-state index in [1.54, 1.807) is 6.07 Å². The lowest BCUT2D eigenvalue weighted by Crippen LogP contribution is -2.49. The van der Waals surface area contributed by atoms with Crippen molar-refractivity contribution in [3.63, 3.8) is 0 Å². The van der Waals surface area contributed by atoms with Gasteiger partial charge in [0.1, 0.15) is 14.1 Å². The summed E-state index contributed by atoms with van der Waals surface area (Å²) in [6.45, 7) is 8.07. The summed E-state index contributed by atoms with van der Waals surface area (Å²) in [5.74, 6) is -0.0978. The van der Waals surface area contributed by atoms with Crippen molar-refractivity contribution in [1.29, 1.82) is 0 Å². The van der Waals surface area contributed by atoms with E-state index in [0.717, 1.165) is 0 Å². The zero-order valence-electron chi connectivity index (χ0n) is 21.6. The molecule has 1 aliphatic rings. The lowest BCUT2D eigenvalue weighted by Gasteiger charge is -2.42. The smallest absolute Gasteiger partial charge is 0.411 e. The van der Waals surface area contributed by atoms with E-state index in [-0.39, 0.29) is 48.2 Å². The van der Waals surface area contributed by atoms with E-state index in [9.17, 15) is 19.7 Å². The van der Waals surface area contributed by atoms with Gasteiger partial charge in [-0.3, -0.25) is 19.8 Å². The molecule has 34 heavy (non-hydrogen) atoms.